The van der Waals surface area contributed by atoms with Gasteiger partial charge in [-0.2, -0.15) is 0 Å². The van der Waals surface area contributed by atoms with Crippen LogP contribution in [-0.2, 0) is 4.79 Å². The number of anilines is 1. The number of likely N-dealkylation sites (tertiary alicyclic amines) is 1. The van der Waals surface area contributed by atoms with E-state index >= 15 is 0 Å². The molecule has 1 N–H and O–H groups in total. The molecule has 2 aromatic rings. The number of piperidine rings is 1. The molecule has 0 saturated carbocycles. The number of rotatable bonds is 8. The van der Waals surface area contributed by atoms with Crippen molar-refractivity contribution in [1.29, 1.82) is 0 Å². The molecule has 2 amide bonds. The quantitative estimate of drug-likeness (QED) is 0.680. The highest BCUT2D eigenvalue weighted by Crippen LogP contribution is 2.16. The van der Waals surface area contributed by atoms with Crippen molar-refractivity contribution in [2.75, 3.05) is 38.7 Å². The van der Waals surface area contributed by atoms with Gasteiger partial charge in [-0.05, 0) is 55.7 Å². The smallest absolute Gasteiger partial charge is 0.251 e. The van der Waals surface area contributed by atoms with Crippen molar-refractivity contribution >= 4 is 17.5 Å². The molecule has 2 aromatic carbocycles. The number of para-hydroxylation sites is 1. The zero-order valence-corrected chi connectivity index (χ0v) is 17.8. The summed E-state index contributed by atoms with van der Waals surface area (Å²) < 4.78 is 5.65. The van der Waals surface area contributed by atoms with Crippen LogP contribution in [0.2, 0.25) is 0 Å². The highest BCUT2D eigenvalue weighted by Gasteiger charge is 2.23. The predicted octanol–water partition coefficient (Wildman–Crippen LogP) is 3.33. The van der Waals surface area contributed by atoms with Gasteiger partial charge in [-0.15, -0.1) is 0 Å². The van der Waals surface area contributed by atoms with Crippen LogP contribution in [0.3, 0.4) is 0 Å². The van der Waals surface area contributed by atoms with Crippen LogP contribution >= 0.6 is 0 Å². The third-order valence-corrected chi connectivity index (χ3v) is 5.38. The van der Waals surface area contributed by atoms with Crippen molar-refractivity contribution in [3.05, 3.63) is 60.2 Å². The summed E-state index contributed by atoms with van der Waals surface area (Å²) in [6.07, 6.45) is 2.76. The Balaban J connectivity index is 1.35. The van der Waals surface area contributed by atoms with Gasteiger partial charge in [0.2, 0.25) is 5.91 Å². The summed E-state index contributed by atoms with van der Waals surface area (Å²) in [4.78, 5) is 28.8. The molecule has 3 rings (SSSR count). The lowest BCUT2D eigenvalue weighted by Gasteiger charge is -2.32. The number of nitrogens with zero attached hydrogens (tertiary/aromatic N) is 2. The van der Waals surface area contributed by atoms with Gasteiger partial charge < -0.3 is 19.9 Å². The van der Waals surface area contributed by atoms with Gasteiger partial charge in [-0.25, -0.2) is 0 Å². The van der Waals surface area contributed by atoms with Crippen LogP contribution in [0.4, 0.5) is 5.69 Å². The Hall–Kier alpha value is -3.02. The highest BCUT2D eigenvalue weighted by atomic mass is 16.5. The van der Waals surface area contributed by atoms with Gasteiger partial charge in [-0.1, -0.05) is 18.2 Å². The number of hydrogen-bond acceptors (Lipinski definition) is 4. The molecule has 1 aliphatic heterocycles. The minimum Gasteiger partial charge on any atom is -0.494 e. The molecule has 1 fully saturated rings. The van der Waals surface area contributed by atoms with Gasteiger partial charge in [0.05, 0.1) is 6.61 Å². The van der Waals surface area contributed by atoms with Gasteiger partial charge in [-0.3, -0.25) is 9.59 Å². The van der Waals surface area contributed by atoms with Crippen LogP contribution in [0.25, 0.3) is 0 Å². The van der Waals surface area contributed by atoms with E-state index in [2.05, 4.69) is 5.32 Å². The number of carbonyl (C=O) groups excluding carboxylic acids is 2. The van der Waals surface area contributed by atoms with Crippen molar-refractivity contribution in [3.63, 3.8) is 0 Å². The fourth-order valence-electron chi connectivity index (χ4n) is 3.54. The zero-order valence-electron chi connectivity index (χ0n) is 17.8. The van der Waals surface area contributed by atoms with Crippen LogP contribution in [0.5, 0.6) is 5.75 Å². The summed E-state index contributed by atoms with van der Waals surface area (Å²) in [6.45, 7) is 1.90. The van der Waals surface area contributed by atoms with Crippen molar-refractivity contribution in [3.8, 4) is 5.75 Å². The molecule has 0 unspecified atom stereocenters. The molecule has 30 heavy (non-hydrogen) atoms. The molecule has 1 heterocycles. The van der Waals surface area contributed by atoms with Crippen molar-refractivity contribution in [1.82, 2.24) is 10.2 Å². The Kier molecular flexibility index (Phi) is 7.71. The van der Waals surface area contributed by atoms with Crippen molar-refractivity contribution in [2.45, 2.75) is 31.7 Å². The minimum absolute atomic E-state index is 0.0526. The summed E-state index contributed by atoms with van der Waals surface area (Å²) in [5, 5.41) is 3.10. The van der Waals surface area contributed by atoms with E-state index in [9.17, 15) is 9.59 Å². The fraction of sp³-hybridized carbons (Fsp3) is 0.417. The molecule has 160 valence electrons. The Labute approximate surface area is 178 Å². The van der Waals surface area contributed by atoms with Gasteiger partial charge in [0.15, 0.2) is 0 Å². The normalized spacial score (nSPS) is 14.3. The summed E-state index contributed by atoms with van der Waals surface area (Å²) in [6, 6.07) is 17.3. The first-order valence-electron chi connectivity index (χ1n) is 10.6. The molecule has 6 nitrogen and oxygen atoms in total. The van der Waals surface area contributed by atoms with Crippen molar-refractivity contribution < 1.29 is 14.3 Å². The maximum atomic E-state index is 12.5. The summed E-state index contributed by atoms with van der Waals surface area (Å²) in [5.41, 5.74) is 1.73. The summed E-state index contributed by atoms with van der Waals surface area (Å²) >= 11 is 0. The average Bonchev–Trinajstić information content (AvgIpc) is 2.78. The Morgan fingerprint density at radius 2 is 1.70 bits per heavy atom. The average molecular weight is 410 g/mol. The molecule has 0 aromatic heterocycles. The Bertz CT molecular complexity index is 813. The molecule has 0 aliphatic carbocycles. The molecule has 0 bridgehead atoms. The number of amides is 2. The van der Waals surface area contributed by atoms with E-state index in [0.29, 0.717) is 38.1 Å². The topological polar surface area (TPSA) is 61.9 Å². The second kappa shape index (κ2) is 10.7. The van der Waals surface area contributed by atoms with E-state index in [1.807, 2.05) is 78.5 Å². The van der Waals surface area contributed by atoms with Crippen molar-refractivity contribution in [2.24, 2.45) is 0 Å². The van der Waals surface area contributed by atoms with Gasteiger partial charge in [0, 0.05) is 50.9 Å². The van der Waals surface area contributed by atoms with Gasteiger partial charge >= 0.3 is 0 Å². The molecule has 6 heteroatoms. The number of hydrogen-bond donors (Lipinski definition) is 1. The van der Waals surface area contributed by atoms with E-state index < -0.39 is 0 Å². The third-order valence-electron chi connectivity index (χ3n) is 5.38. The molecule has 0 atom stereocenters. The Morgan fingerprint density at radius 3 is 2.33 bits per heavy atom. The summed E-state index contributed by atoms with van der Waals surface area (Å²) in [7, 11) is 3.95. The monoisotopic (exact) mass is 409 g/mol. The molecular weight excluding hydrogens is 378 g/mol. The molecule has 0 radical (unpaired) electrons. The van der Waals surface area contributed by atoms with Crippen LogP contribution in [0, 0.1) is 0 Å². The van der Waals surface area contributed by atoms with E-state index in [4.69, 9.17) is 4.74 Å². The lowest BCUT2D eigenvalue weighted by molar-refractivity contribution is -0.132. The molecule has 1 aliphatic rings. The van der Waals surface area contributed by atoms with Crippen LogP contribution in [0.1, 0.15) is 36.0 Å². The van der Waals surface area contributed by atoms with E-state index in [0.717, 1.165) is 24.3 Å². The van der Waals surface area contributed by atoms with Crippen LogP contribution < -0.4 is 15.0 Å². The second-order valence-electron chi connectivity index (χ2n) is 7.83. The molecule has 0 spiro atoms. The maximum Gasteiger partial charge on any atom is 0.251 e. The second-order valence-corrected chi connectivity index (χ2v) is 7.83. The first-order valence-corrected chi connectivity index (χ1v) is 10.6. The summed E-state index contributed by atoms with van der Waals surface area (Å²) in [5.74, 6) is 0.941. The maximum absolute atomic E-state index is 12.5. The predicted molar refractivity (Wildman–Crippen MR) is 119 cm³/mol. The number of benzene rings is 2. The first kappa shape index (κ1) is 21.7. The number of carbonyl (C=O) groups is 2. The lowest BCUT2D eigenvalue weighted by atomic mass is 10.0. The van der Waals surface area contributed by atoms with E-state index in [1.165, 1.54) is 0 Å². The Morgan fingerprint density at radius 1 is 1.03 bits per heavy atom. The SMILES string of the molecule is CN(C)c1ccc(C(=O)NC2CCN(C(=O)CCCOc3ccccc3)CC2)cc1. The standard InChI is InChI=1S/C24H31N3O3/c1-26(2)21-12-10-19(11-13-21)24(29)25-20-14-16-27(17-15-20)23(28)9-6-18-30-22-7-4-3-5-8-22/h3-5,7-8,10-13,20H,6,9,14-18H2,1-2H3,(H,25,29). The lowest BCUT2D eigenvalue weighted by Crippen LogP contribution is -2.46. The minimum atomic E-state index is -0.0526. The van der Waals surface area contributed by atoms with Gasteiger partial charge in [0.25, 0.3) is 5.91 Å². The van der Waals surface area contributed by atoms with Gasteiger partial charge in [0.1, 0.15) is 5.75 Å². The van der Waals surface area contributed by atoms with Crippen LogP contribution in [0.15, 0.2) is 54.6 Å². The fourth-order valence-corrected chi connectivity index (χ4v) is 3.54. The zero-order chi connectivity index (χ0) is 21.3. The molecular formula is C24H31N3O3. The number of ether oxygens (including phenoxy) is 1. The molecule has 1 saturated heterocycles. The third kappa shape index (κ3) is 6.24. The van der Waals surface area contributed by atoms with E-state index in [-0.39, 0.29) is 17.9 Å². The van der Waals surface area contributed by atoms with Crippen LogP contribution in [-0.4, -0.2) is 56.5 Å². The highest BCUT2D eigenvalue weighted by molar-refractivity contribution is 5.94. The number of nitrogens with one attached hydrogen (secondary N) is 1. The first-order chi connectivity index (χ1) is 14.5. The van der Waals surface area contributed by atoms with E-state index in [1.54, 1.807) is 0 Å². The largest absolute Gasteiger partial charge is 0.494 e.